The summed E-state index contributed by atoms with van der Waals surface area (Å²) in [6, 6.07) is 0. The summed E-state index contributed by atoms with van der Waals surface area (Å²) in [5, 5.41) is 3.72. The van der Waals surface area contributed by atoms with E-state index in [-0.39, 0.29) is 0 Å². The molecule has 1 aliphatic heterocycles. The Morgan fingerprint density at radius 3 is 2.65 bits per heavy atom. The van der Waals surface area contributed by atoms with Gasteiger partial charge in [0.25, 0.3) is 0 Å². The van der Waals surface area contributed by atoms with Crippen molar-refractivity contribution in [2.24, 2.45) is 23.2 Å². The van der Waals surface area contributed by atoms with Crippen LogP contribution in [0.1, 0.15) is 46.5 Å². The molecule has 3 nitrogen and oxygen atoms in total. The SMILES string of the molecule is COCCC(C)C1(CNCC(C)C)CCOC1C1CC1. The lowest BCUT2D eigenvalue weighted by Crippen LogP contribution is -2.47. The maximum atomic E-state index is 6.17. The Hall–Kier alpha value is -0.120. The summed E-state index contributed by atoms with van der Waals surface area (Å²) in [6.45, 7) is 11.0. The predicted molar refractivity (Wildman–Crippen MR) is 82.9 cm³/mol. The van der Waals surface area contributed by atoms with E-state index in [1.807, 2.05) is 0 Å². The van der Waals surface area contributed by atoms with Crippen LogP contribution in [0.15, 0.2) is 0 Å². The van der Waals surface area contributed by atoms with Crippen LogP contribution < -0.4 is 5.32 Å². The molecule has 0 aromatic heterocycles. The molecule has 1 N–H and O–H groups in total. The summed E-state index contributed by atoms with van der Waals surface area (Å²) in [6.07, 6.45) is 5.58. The highest BCUT2D eigenvalue weighted by Gasteiger charge is 2.53. The Labute approximate surface area is 124 Å². The Kier molecular flexibility index (Phi) is 5.88. The van der Waals surface area contributed by atoms with Crippen LogP contribution in [0.5, 0.6) is 0 Å². The van der Waals surface area contributed by atoms with Crippen LogP contribution in [0.3, 0.4) is 0 Å². The lowest BCUT2D eigenvalue weighted by Gasteiger charge is -2.40. The van der Waals surface area contributed by atoms with Crippen LogP contribution in [0.4, 0.5) is 0 Å². The molecule has 1 aliphatic carbocycles. The summed E-state index contributed by atoms with van der Waals surface area (Å²) in [5.41, 5.74) is 0.328. The summed E-state index contributed by atoms with van der Waals surface area (Å²) >= 11 is 0. The van der Waals surface area contributed by atoms with Crippen LogP contribution in [-0.2, 0) is 9.47 Å². The van der Waals surface area contributed by atoms with Gasteiger partial charge in [-0.15, -0.1) is 0 Å². The molecule has 2 fully saturated rings. The first-order valence-corrected chi connectivity index (χ1v) is 8.41. The smallest absolute Gasteiger partial charge is 0.0674 e. The lowest BCUT2D eigenvalue weighted by atomic mass is 9.68. The lowest BCUT2D eigenvalue weighted by molar-refractivity contribution is -0.00446. The van der Waals surface area contributed by atoms with Gasteiger partial charge in [0.1, 0.15) is 0 Å². The first kappa shape index (κ1) is 16.3. The van der Waals surface area contributed by atoms with E-state index in [0.29, 0.717) is 23.4 Å². The van der Waals surface area contributed by atoms with E-state index in [1.165, 1.54) is 19.3 Å². The fourth-order valence-electron chi connectivity index (χ4n) is 3.75. The van der Waals surface area contributed by atoms with Crippen molar-refractivity contribution in [2.45, 2.75) is 52.6 Å². The van der Waals surface area contributed by atoms with Gasteiger partial charge in [-0.1, -0.05) is 20.8 Å². The van der Waals surface area contributed by atoms with Crippen LogP contribution >= 0.6 is 0 Å². The molecule has 0 spiro atoms. The maximum absolute atomic E-state index is 6.17. The molecule has 0 aromatic rings. The first-order chi connectivity index (χ1) is 9.60. The molecule has 0 radical (unpaired) electrons. The van der Waals surface area contributed by atoms with E-state index >= 15 is 0 Å². The van der Waals surface area contributed by atoms with Gasteiger partial charge in [0, 0.05) is 32.3 Å². The minimum absolute atomic E-state index is 0.328. The highest BCUT2D eigenvalue weighted by Crippen LogP contribution is 2.52. The summed E-state index contributed by atoms with van der Waals surface area (Å²) in [5.74, 6) is 2.20. The van der Waals surface area contributed by atoms with Gasteiger partial charge in [0.2, 0.25) is 0 Å². The Morgan fingerprint density at radius 1 is 1.30 bits per heavy atom. The average molecular weight is 283 g/mol. The number of methoxy groups -OCH3 is 1. The van der Waals surface area contributed by atoms with E-state index in [4.69, 9.17) is 9.47 Å². The van der Waals surface area contributed by atoms with E-state index in [1.54, 1.807) is 7.11 Å². The normalized spacial score (nSPS) is 31.9. The molecule has 118 valence electrons. The molecule has 2 rings (SSSR count). The van der Waals surface area contributed by atoms with Crippen LogP contribution in [0.2, 0.25) is 0 Å². The maximum Gasteiger partial charge on any atom is 0.0674 e. The van der Waals surface area contributed by atoms with Crippen LogP contribution in [-0.4, -0.2) is 39.5 Å². The molecular weight excluding hydrogens is 250 g/mol. The van der Waals surface area contributed by atoms with Crippen molar-refractivity contribution < 1.29 is 9.47 Å². The quantitative estimate of drug-likeness (QED) is 0.705. The molecule has 1 heterocycles. The van der Waals surface area contributed by atoms with Crippen molar-refractivity contribution in [1.82, 2.24) is 5.32 Å². The number of hydrogen-bond acceptors (Lipinski definition) is 3. The van der Waals surface area contributed by atoms with Crippen LogP contribution in [0, 0.1) is 23.2 Å². The fourth-order valence-corrected chi connectivity index (χ4v) is 3.75. The molecular formula is C17H33NO2. The van der Waals surface area contributed by atoms with Crippen molar-refractivity contribution in [2.75, 3.05) is 33.4 Å². The summed E-state index contributed by atoms with van der Waals surface area (Å²) in [4.78, 5) is 0. The number of ether oxygens (including phenoxy) is 2. The van der Waals surface area contributed by atoms with Crippen molar-refractivity contribution >= 4 is 0 Å². The van der Waals surface area contributed by atoms with Gasteiger partial charge in [-0.2, -0.15) is 0 Å². The Bertz CT molecular complexity index is 291. The minimum Gasteiger partial charge on any atom is -0.385 e. The van der Waals surface area contributed by atoms with E-state index in [0.717, 1.165) is 38.6 Å². The molecule has 1 saturated heterocycles. The second kappa shape index (κ2) is 7.24. The zero-order valence-corrected chi connectivity index (χ0v) is 13.8. The molecule has 2 aliphatic rings. The molecule has 3 unspecified atom stereocenters. The van der Waals surface area contributed by atoms with Crippen molar-refractivity contribution in [3.05, 3.63) is 0 Å². The topological polar surface area (TPSA) is 30.5 Å². The Morgan fingerprint density at radius 2 is 2.05 bits per heavy atom. The third-order valence-electron chi connectivity index (χ3n) is 5.22. The molecule has 3 heteroatoms. The van der Waals surface area contributed by atoms with E-state index in [9.17, 15) is 0 Å². The second-order valence-electron chi connectivity index (χ2n) is 7.32. The number of nitrogens with one attached hydrogen (secondary N) is 1. The number of rotatable bonds is 9. The highest BCUT2D eigenvalue weighted by molar-refractivity contribution is 5.02. The second-order valence-corrected chi connectivity index (χ2v) is 7.32. The molecule has 1 saturated carbocycles. The zero-order chi connectivity index (χ0) is 14.6. The number of hydrogen-bond donors (Lipinski definition) is 1. The van der Waals surface area contributed by atoms with Crippen LogP contribution in [0.25, 0.3) is 0 Å². The zero-order valence-electron chi connectivity index (χ0n) is 13.8. The fraction of sp³-hybridized carbons (Fsp3) is 1.00. The largest absolute Gasteiger partial charge is 0.385 e. The van der Waals surface area contributed by atoms with Gasteiger partial charge in [0.05, 0.1) is 6.10 Å². The molecule has 0 bridgehead atoms. The van der Waals surface area contributed by atoms with E-state index < -0.39 is 0 Å². The summed E-state index contributed by atoms with van der Waals surface area (Å²) < 4.78 is 11.5. The van der Waals surface area contributed by atoms with Gasteiger partial charge in [-0.25, -0.2) is 0 Å². The minimum atomic E-state index is 0.328. The van der Waals surface area contributed by atoms with Gasteiger partial charge in [-0.3, -0.25) is 0 Å². The van der Waals surface area contributed by atoms with Gasteiger partial charge < -0.3 is 14.8 Å². The van der Waals surface area contributed by atoms with Gasteiger partial charge >= 0.3 is 0 Å². The highest BCUT2D eigenvalue weighted by atomic mass is 16.5. The summed E-state index contributed by atoms with van der Waals surface area (Å²) in [7, 11) is 1.81. The molecule has 0 amide bonds. The van der Waals surface area contributed by atoms with Gasteiger partial charge in [0.15, 0.2) is 0 Å². The van der Waals surface area contributed by atoms with Crippen molar-refractivity contribution in [3.63, 3.8) is 0 Å². The van der Waals surface area contributed by atoms with E-state index in [2.05, 4.69) is 26.1 Å². The molecule has 0 aromatic carbocycles. The van der Waals surface area contributed by atoms with Gasteiger partial charge in [-0.05, 0) is 50.0 Å². The standard InChI is InChI=1S/C17H33NO2/c1-13(2)11-18-12-17(14(3)7-9-19-4)8-10-20-16(17)15-5-6-15/h13-16,18H,5-12H2,1-4H3. The van der Waals surface area contributed by atoms with Crippen molar-refractivity contribution in [3.8, 4) is 0 Å². The average Bonchev–Trinajstić information content (AvgIpc) is 3.16. The molecule has 3 atom stereocenters. The van der Waals surface area contributed by atoms with Crippen molar-refractivity contribution in [1.29, 1.82) is 0 Å². The third-order valence-corrected chi connectivity index (χ3v) is 5.22. The molecule has 20 heavy (non-hydrogen) atoms. The third kappa shape index (κ3) is 3.75. The first-order valence-electron chi connectivity index (χ1n) is 8.41. The predicted octanol–water partition coefficient (Wildman–Crippen LogP) is 3.09. The Balaban J connectivity index is 2.01. The monoisotopic (exact) mass is 283 g/mol.